The third kappa shape index (κ3) is 3.39. The van der Waals surface area contributed by atoms with Gasteiger partial charge in [-0.15, -0.1) is 0 Å². The van der Waals surface area contributed by atoms with Crippen molar-refractivity contribution in [3.8, 4) is 0 Å². The maximum absolute atomic E-state index is 11.6. The van der Waals surface area contributed by atoms with E-state index in [0.29, 0.717) is 5.56 Å². The molecule has 2 aromatic rings. The van der Waals surface area contributed by atoms with Crippen molar-refractivity contribution in [3.05, 3.63) is 48.3 Å². The van der Waals surface area contributed by atoms with Gasteiger partial charge < -0.3 is 12.4 Å². The lowest BCUT2D eigenvalue weighted by Crippen LogP contribution is -3.00. The summed E-state index contributed by atoms with van der Waals surface area (Å²) in [7, 11) is 1.88. The van der Waals surface area contributed by atoms with E-state index in [0.717, 1.165) is 5.82 Å². The fourth-order valence-corrected chi connectivity index (χ4v) is 1.26. The van der Waals surface area contributed by atoms with Crippen LogP contribution in [0.15, 0.2) is 42.0 Å². The summed E-state index contributed by atoms with van der Waals surface area (Å²) in [5.74, 6) is 0.526. The first kappa shape index (κ1) is 13.9. The van der Waals surface area contributed by atoms with E-state index in [-0.39, 0.29) is 18.3 Å². The summed E-state index contributed by atoms with van der Waals surface area (Å²) in [6.07, 6.45) is 8.30. The summed E-state index contributed by atoms with van der Waals surface area (Å²) in [6.45, 7) is 0. The van der Waals surface area contributed by atoms with Gasteiger partial charge in [-0.25, -0.2) is 15.0 Å². The Hall–Kier alpha value is -2.21. The molecule has 18 heavy (non-hydrogen) atoms. The molecule has 0 unspecified atom stereocenters. The van der Waals surface area contributed by atoms with Gasteiger partial charge in [0.05, 0.1) is 7.05 Å². The highest BCUT2D eigenvalue weighted by Crippen LogP contribution is 1.94. The van der Waals surface area contributed by atoms with Crippen LogP contribution in [0.4, 0.5) is 0 Å². The van der Waals surface area contributed by atoms with Gasteiger partial charge in [-0.1, -0.05) is 0 Å². The van der Waals surface area contributed by atoms with Crippen molar-refractivity contribution in [2.75, 3.05) is 0 Å². The molecule has 2 N–H and O–H groups in total. The van der Waals surface area contributed by atoms with E-state index in [1.165, 1.54) is 0 Å². The first-order valence-electron chi connectivity index (χ1n) is 5.04. The number of nitrogens with zero attached hydrogens (tertiary/aromatic N) is 3. The standard InChI is InChI=1S/C11H11N5O.ClH/c1-16-7-6-13-10(16)8-14-15-11(17)9-2-4-12-5-3-9;/h2-8H,1H3,(H,13,15,17);1H. The third-order valence-electron chi connectivity index (χ3n) is 2.20. The van der Waals surface area contributed by atoms with E-state index < -0.39 is 0 Å². The molecule has 0 radical (unpaired) electrons. The van der Waals surface area contributed by atoms with Gasteiger partial charge in [-0.3, -0.25) is 9.78 Å². The molecule has 0 saturated carbocycles. The second-order valence-corrected chi connectivity index (χ2v) is 3.39. The SMILES string of the molecule is C[n+]1cc[nH]c1/C=N/NC(=O)c1ccncc1.[Cl-]. The van der Waals surface area contributed by atoms with Crippen LogP contribution >= 0.6 is 0 Å². The topological polar surface area (TPSA) is 74.0 Å². The first-order valence-corrected chi connectivity index (χ1v) is 5.04. The molecule has 0 saturated heterocycles. The number of hydrogen-bond acceptors (Lipinski definition) is 3. The van der Waals surface area contributed by atoms with Gasteiger partial charge in [-0.05, 0) is 12.1 Å². The Balaban J connectivity index is 0.00000162. The number of pyridine rings is 1. The second-order valence-electron chi connectivity index (χ2n) is 3.39. The van der Waals surface area contributed by atoms with E-state index in [1.807, 2.05) is 17.8 Å². The van der Waals surface area contributed by atoms with Gasteiger partial charge in [0, 0.05) is 18.0 Å². The molecule has 1 amide bonds. The summed E-state index contributed by atoms with van der Waals surface area (Å²) in [5.41, 5.74) is 2.96. The third-order valence-corrected chi connectivity index (χ3v) is 2.20. The van der Waals surface area contributed by atoms with Gasteiger partial charge in [0.15, 0.2) is 0 Å². The van der Waals surface area contributed by atoms with Gasteiger partial charge in [0.1, 0.15) is 18.6 Å². The summed E-state index contributed by atoms with van der Waals surface area (Å²) in [5, 5.41) is 3.85. The molecule has 0 atom stereocenters. The van der Waals surface area contributed by atoms with Crippen molar-refractivity contribution < 1.29 is 21.8 Å². The predicted molar refractivity (Wildman–Crippen MR) is 61.3 cm³/mol. The van der Waals surface area contributed by atoms with Crippen LogP contribution < -0.4 is 22.4 Å². The molecule has 94 valence electrons. The van der Waals surface area contributed by atoms with E-state index in [4.69, 9.17) is 0 Å². The molecule has 0 fully saturated rings. The monoisotopic (exact) mass is 265 g/mol. The number of halogens is 1. The predicted octanol–water partition coefficient (Wildman–Crippen LogP) is -3.00. The quantitative estimate of drug-likeness (QED) is 0.353. The lowest BCUT2D eigenvalue weighted by Gasteiger charge is -1.97. The average molecular weight is 266 g/mol. The molecule has 0 bridgehead atoms. The largest absolute Gasteiger partial charge is 1.00 e. The van der Waals surface area contributed by atoms with E-state index >= 15 is 0 Å². The van der Waals surface area contributed by atoms with Crippen molar-refractivity contribution in [1.29, 1.82) is 0 Å². The number of aromatic nitrogens is 3. The Morgan fingerprint density at radius 2 is 2.22 bits per heavy atom. The maximum atomic E-state index is 11.6. The van der Waals surface area contributed by atoms with Crippen LogP contribution in [0.2, 0.25) is 0 Å². The fourth-order valence-electron chi connectivity index (χ4n) is 1.26. The average Bonchev–Trinajstić information content (AvgIpc) is 2.76. The number of nitrogens with one attached hydrogen (secondary N) is 2. The minimum atomic E-state index is -0.266. The normalized spacial score (nSPS) is 10.1. The molecule has 6 nitrogen and oxygen atoms in total. The lowest BCUT2D eigenvalue weighted by atomic mass is 10.3. The van der Waals surface area contributed by atoms with Gasteiger partial charge >= 0.3 is 0 Å². The number of imidazole rings is 1. The number of carbonyl (C=O) groups excluding carboxylic acids is 1. The van der Waals surface area contributed by atoms with Crippen molar-refractivity contribution in [2.24, 2.45) is 12.1 Å². The molecular formula is C11H12ClN5O. The smallest absolute Gasteiger partial charge is 0.299 e. The molecule has 0 aromatic carbocycles. The first-order chi connectivity index (χ1) is 8.27. The number of hydrazone groups is 1. The van der Waals surface area contributed by atoms with Crippen LogP contribution in [0.25, 0.3) is 0 Å². The van der Waals surface area contributed by atoms with Crippen LogP contribution in [-0.4, -0.2) is 22.1 Å². The molecule has 0 aliphatic heterocycles. The van der Waals surface area contributed by atoms with Crippen molar-refractivity contribution in [2.45, 2.75) is 0 Å². The minimum Gasteiger partial charge on any atom is -1.00 e. The number of H-pyrrole nitrogens is 1. The van der Waals surface area contributed by atoms with Crippen LogP contribution in [-0.2, 0) is 7.05 Å². The molecule has 0 aliphatic rings. The Labute approximate surface area is 110 Å². The molecule has 2 aromatic heterocycles. The number of hydrogen-bond donors (Lipinski definition) is 2. The summed E-state index contributed by atoms with van der Waals surface area (Å²) < 4.78 is 1.85. The highest BCUT2D eigenvalue weighted by atomic mass is 35.5. The molecular weight excluding hydrogens is 254 g/mol. The van der Waals surface area contributed by atoms with Crippen molar-refractivity contribution >= 4 is 12.1 Å². The fraction of sp³-hybridized carbons (Fsp3) is 0.0909. The molecule has 2 rings (SSSR count). The zero-order chi connectivity index (χ0) is 12.1. The van der Waals surface area contributed by atoms with Crippen LogP contribution in [0, 0.1) is 0 Å². The van der Waals surface area contributed by atoms with Crippen LogP contribution in [0.1, 0.15) is 16.2 Å². The maximum Gasteiger partial charge on any atom is 0.299 e. The summed E-state index contributed by atoms with van der Waals surface area (Å²) in [6, 6.07) is 3.25. The zero-order valence-corrected chi connectivity index (χ0v) is 10.4. The molecule has 7 heteroatoms. The van der Waals surface area contributed by atoms with E-state index in [9.17, 15) is 4.79 Å². The van der Waals surface area contributed by atoms with Gasteiger partial charge in [0.25, 0.3) is 11.7 Å². The number of rotatable bonds is 3. The highest BCUT2D eigenvalue weighted by molar-refractivity contribution is 5.94. The Bertz CT molecular complexity index is 537. The summed E-state index contributed by atoms with van der Waals surface area (Å²) >= 11 is 0. The second kappa shape index (κ2) is 6.51. The Kier molecular flexibility index (Phi) is 5.01. The zero-order valence-electron chi connectivity index (χ0n) is 9.67. The molecule has 0 spiro atoms. The lowest BCUT2D eigenvalue weighted by molar-refractivity contribution is -0.670. The summed E-state index contributed by atoms with van der Waals surface area (Å²) in [4.78, 5) is 18.4. The van der Waals surface area contributed by atoms with Gasteiger partial charge in [0.2, 0.25) is 0 Å². The Morgan fingerprint density at radius 1 is 1.50 bits per heavy atom. The minimum absolute atomic E-state index is 0. The Morgan fingerprint density at radius 3 is 2.83 bits per heavy atom. The number of aryl methyl sites for hydroxylation is 1. The number of aromatic amines is 1. The van der Waals surface area contributed by atoms with Crippen LogP contribution in [0.3, 0.4) is 0 Å². The van der Waals surface area contributed by atoms with Crippen molar-refractivity contribution in [1.82, 2.24) is 15.4 Å². The van der Waals surface area contributed by atoms with Gasteiger partial charge in [-0.2, -0.15) is 5.10 Å². The number of carbonyl (C=O) groups is 1. The molecule has 0 aliphatic carbocycles. The number of amides is 1. The van der Waals surface area contributed by atoms with Crippen LogP contribution in [0.5, 0.6) is 0 Å². The van der Waals surface area contributed by atoms with E-state index in [2.05, 4.69) is 20.5 Å². The molecule has 2 heterocycles. The highest BCUT2D eigenvalue weighted by Gasteiger charge is 2.04. The van der Waals surface area contributed by atoms with E-state index in [1.54, 1.807) is 36.9 Å². The van der Waals surface area contributed by atoms with Crippen molar-refractivity contribution in [3.63, 3.8) is 0 Å².